The lowest BCUT2D eigenvalue weighted by Gasteiger charge is -2.28. The number of fused-ring (bicyclic) bond motifs is 4. The smallest absolute Gasteiger partial charge is 0.172 e. The molecule has 8 nitrogen and oxygen atoms in total. The molecule has 0 spiro atoms. The van der Waals surface area contributed by atoms with E-state index in [0.717, 1.165) is 53.1 Å². The van der Waals surface area contributed by atoms with Gasteiger partial charge in [0.25, 0.3) is 0 Å². The maximum Gasteiger partial charge on any atom is 0.172 e. The summed E-state index contributed by atoms with van der Waals surface area (Å²) in [7, 11) is 4.19. The van der Waals surface area contributed by atoms with E-state index in [2.05, 4.69) is 41.1 Å². The van der Waals surface area contributed by atoms with Gasteiger partial charge >= 0.3 is 0 Å². The van der Waals surface area contributed by atoms with Crippen molar-refractivity contribution in [3.05, 3.63) is 58.7 Å². The van der Waals surface area contributed by atoms with Crippen molar-refractivity contribution in [3.8, 4) is 11.1 Å². The minimum absolute atomic E-state index is 0. The van der Waals surface area contributed by atoms with Crippen molar-refractivity contribution in [2.75, 3.05) is 33.8 Å². The van der Waals surface area contributed by atoms with Gasteiger partial charge in [-0.25, -0.2) is 0 Å². The fraction of sp³-hybridized carbons (Fsp3) is 0.393. The summed E-state index contributed by atoms with van der Waals surface area (Å²) in [4.78, 5) is 42.9. The molecular formula is C28H30N4O4. The normalized spacial score (nSPS) is 27.0. The maximum absolute atomic E-state index is 13.4. The number of ether oxygens (including phenoxy) is 1. The Hall–Kier alpha value is -3.49. The van der Waals surface area contributed by atoms with Gasteiger partial charge in [-0.05, 0) is 61.8 Å². The number of aryl methyl sites for hydroxylation is 1. The number of hydrogen-bond acceptors (Lipinski definition) is 7. The minimum Gasteiger partial charge on any atom is -0.493 e. The number of aliphatic imine (C=N–C) groups is 2. The highest BCUT2D eigenvalue weighted by Gasteiger charge is 2.37. The van der Waals surface area contributed by atoms with Crippen molar-refractivity contribution in [1.82, 2.24) is 9.88 Å². The molecule has 0 amide bonds. The number of rotatable bonds is 2. The lowest BCUT2D eigenvalue weighted by molar-refractivity contribution is -0.126. The first kappa shape index (κ1) is 24.2. The van der Waals surface area contributed by atoms with Gasteiger partial charge in [0.1, 0.15) is 6.61 Å². The fourth-order valence-electron chi connectivity index (χ4n) is 5.79. The summed E-state index contributed by atoms with van der Waals surface area (Å²) < 4.78 is 5.94. The summed E-state index contributed by atoms with van der Waals surface area (Å²) in [5.74, 6) is 0.133. The van der Waals surface area contributed by atoms with E-state index in [1.54, 1.807) is 6.21 Å². The van der Waals surface area contributed by atoms with E-state index in [9.17, 15) is 9.59 Å². The first-order valence-corrected chi connectivity index (χ1v) is 12.3. The molecule has 0 radical (unpaired) electrons. The van der Waals surface area contributed by atoms with Crippen LogP contribution in [0.2, 0.25) is 0 Å². The van der Waals surface area contributed by atoms with Gasteiger partial charge in [0, 0.05) is 66.4 Å². The number of carbonyl (C=O) groups is 2. The highest BCUT2D eigenvalue weighted by Crippen LogP contribution is 2.42. The molecule has 6 aliphatic rings. The standard InChI is InChI=1S/C28H28N4O3.H2O/c1-32(2)15-17-4-3-16-9-21-23-14-29-13-18(23)10-20(16)27(17)30-6-5-19-11-22-24(33)12-25(34)26(21)28(22)31-7-8-35-19;/h7,9-11,13-14,17,22H,3-6,8,12,15H2,1-2H3;1H2/b19-11-,30-27-,31-7-;. The number of nitrogens with zero attached hydrogens (tertiary/aromatic N) is 4. The largest absolute Gasteiger partial charge is 0.493 e. The zero-order chi connectivity index (χ0) is 24.1. The van der Waals surface area contributed by atoms with Crippen LogP contribution >= 0.6 is 0 Å². The van der Waals surface area contributed by atoms with E-state index in [1.807, 2.05) is 18.5 Å². The van der Waals surface area contributed by atoms with Crippen LogP contribution in [0.25, 0.3) is 16.7 Å². The maximum atomic E-state index is 13.4. The van der Waals surface area contributed by atoms with Gasteiger partial charge in [0.05, 0.1) is 23.8 Å². The minimum atomic E-state index is -0.600. The predicted octanol–water partition coefficient (Wildman–Crippen LogP) is 2.53. The summed E-state index contributed by atoms with van der Waals surface area (Å²) in [5, 5.41) is 0. The van der Waals surface area contributed by atoms with Crippen molar-refractivity contribution >= 4 is 29.1 Å². The van der Waals surface area contributed by atoms with E-state index in [1.165, 1.54) is 5.56 Å². The second-order valence-corrected chi connectivity index (χ2v) is 9.99. The van der Waals surface area contributed by atoms with Crippen molar-refractivity contribution in [1.29, 1.82) is 0 Å². The van der Waals surface area contributed by atoms with Crippen molar-refractivity contribution in [2.24, 2.45) is 21.8 Å². The average Bonchev–Trinajstić information content (AvgIpc) is 3.19. The molecule has 6 rings (SSSR count). The van der Waals surface area contributed by atoms with Crippen LogP contribution in [-0.4, -0.2) is 72.6 Å². The average molecular weight is 487 g/mol. The molecule has 8 bridgehead atoms. The van der Waals surface area contributed by atoms with Crippen LogP contribution in [0.3, 0.4) is 0 Å². The number of ketones is 2. The fourth-order valence-corrected chi connectivity index (χ4v) is 5.79. The molecule has 0 aromatic rings. The lowest BCUT2D eigenvalue weighted by Crippen LogP contribution is -2.32. The second-order valence-electron chi connectivity index (χ2n) is 9.99. The third-order valence-corrected chi connectivity index (χ3v) is 7.34. The van der Waals surface area contributed by atoms with Crippen LogP contribution in [0.4, 0.5) is 0 Å². The zero-order valence-electron chi connectivity index (χ0n) is 20.6. The molecule has 2 unspecified atom stereocenters. The number of carbonyl (C=O) groups excluding carboxylic acids is 2. The monoisotopic (exact) mass is 486 g/mol. The van der Waals surface area contributed by atoms with Gasteiger partial charge in [0.15, 0.2) is 11.6 Å². The Labute approximate surface area is 210 Å². The molecule has 0 saturated carbocycles. The molecule has 8 heteroatoms. The first-order valence-electron chi connectivity index (χ1n) is 12.3. The third kappa shape index (κ3) is 4.10. The second kappa shape index (κ2) is 9.52. The van der Waals surface area contributed by atoms with E-state index < -0.39 is 5.92 Å². The molecule has 3 heterocycles. The molecule has 0 fully saturated rings. The number of hydrogen-bond donors (Lipinski definition) is 0. The molecule has 0 aromatic carbocycles. The van der Waals surface area contributed by atoms with Gasteiger partial charge in [-0.15, -0.1) is 0 Å². The molecule has 0 saturated heterocycles. The summed E-state index contributed by atoms with van der Waals surface area (Å²) >= 11 is 0. The quantitative estimate of drug-likeness (QED) is 0.605. The van der Waals surface area contributed by atoms with Crippen LogP contribution in [0, 0.1) is 11.8 Å². The van der Waals surface area contributed by atoms with Gasteiger partial charge in [-0.2, -0.15) is 0 Å². The number of aromatic nitrogens is 1. The van der Waals surface area contributed by atoms with Crippen molar-refractivity contribution in [3.63, 3.8) is 0 Å². The third-order valence-electron chi connectivity index (χ3n) is 7.34. The molecule has 2 N–H and O–H groups in total. The van der Waals surface area contributed by atoms with Crippen LogP contribution in [0.15, 0.2) is 52.0 Å². The molecule has 3 aliphatic heterocycles. The predicted molar refractivity (Wildman–Crippen MR) is 138 cm³/mol. The van der Waals surface area contributed by atoms with Crippen LogP contribution in [0.5, 0.6) is 0 Å². The first-order chi connectivity index (χ1) is 17.0. The highest BCUT2D eigenvalue weighted by molar-refractivity contribution is 6.31. The molecule has 2 atom stereocenters. The Morgan fingerprint density at radius 1 is 1.08 bits per heavy atom. The molecule has 3 aliphatic carbocycles. The SMILES string of the molecule is CN(C)CC1CCc2cc3c4cncc-4cc2/C1=N\CC/C1=C/C2C(=O)CC(=O)C3=C2/N=C\CO1.O. The van der Waals surface area contributed by atoms with Gasteiger partial charge < -0.3 is 15.1 Å². The van der Waals surface area contributed by atoms with Crippen LogP contribution < -0.4 is 0 Å². The Morgan fingerprint density at radius 3 is 2.78 bits per heavy atom. The molecule has 0 aromatic heterocycles. The van der Waals surface area contributed by atoms with Crippen LogP contribution in [-0.2, 0) is 20.7 Å². The zero-order valence-corrected chi connectivity index (χ0v) is 20.6. The molecule has 36 heavy (non-hydrogen) atoms. The molecular weight excluding hydrogens is 456 g/mol. The Kier molecular flexibility index (Phi) is 6.40. The van der Waals surface area contributed by atoms with Gasteiger partial charge in [0.2, 0.25) is 0 Å². The highest BCUT2D eigenvalue weighted by atomic mass is 16.5. The summed E-state index contributed by atoms with van der Waals surface area (Å²) in [6.45, 7) is 1.78. The number of Topliss-reactive ketones (excluding diaryl/α,β-unsaturated/α-hetero) is 2. The number of allylic oxidation sites excluding steroid dienone is 2. The van der Waals surface area contributed by atoms with Gasteiger partial charge in [-0.3, -0.25) is 24.6 Å². The molecule has 186 valence electrons. The van der Waals surface area contributed by atoms with E-state index >= 15 is 0 Å². The summed E-state index contributed by atoms with van der Waals surface area (Å²) in [6.07, 6.45) is 9.56. The lowest BCUT2D eigenvalue weighted by atomic mass is 9.80. The van der Waals surface area contributed by atoms with Gasteiger partial charge in [-0.1, -0.05) is 0 Å². The Morgan fingerprint density at radius 2 is 1.94 bits per heavy atom. The van der Waals surface area contributed by atoms with Crippen molar-refractivity contribution < 1.29 is 19.8 Å². The van der Waals surface area contributed by atoms with E-state index in [-0.39, 0.29) is 23.5 Å². The van der Waals surface area contributed by atoms with Crippen LogP contribution in [0.1, 0.15) is 36.0 Å². The topological polar surface area (TPSA) is 116 Å². The summed E-state index contributed by atoms with van der Waals surface area (Å²) in [5.41, 5.74) is 7.17. The van der Waals surface area contributed by atoms with E-state index in [0.29, 0.717) is 36.8 Å². The van der Waals surface area contributed by atoms with E-state index in [4.69, 9.17) is 9.73 Å². The summed E-state index contributed by atoms with van der Waals surface area (Å²) in [6, 6.07) is 4.33. The van der Waals surface area contributed by atoms with Crippen molar-refractivity contribution in [2.45, 2.75) is 25.7 Å². The Bertz CT molecular complexity index is 1340. The Balaban J connectivity index is 0.00000267.